The Labute approximate surface area is 150 Å². The van der Waals surface area contributed by atoms with E-state index < -0.39 is 0 Å². The van der Waals surface area contributed by atoms with Gasteiger partial charge in [-0.05, 0) is 24.3 Å². The molecule has 3 rings (SSSR count). The Kier molecular flexibility index (Phi) is 5.62. The van der Waals surface area contributed by atoms with Crippen molar-refractivity contribution in [3.63, 3.8) is 0 Å². The second-order valence-corrected chi connectivity index (χ2v) is 5.92. The van der Waals surface area contributed by atoms with Gasteiger partial charge in [-0.2, -0.15) is 0 Å². The maximum absolute atomic E-state index is 12.3. The van der Waals surface area contributed by atoms with Crippen LogP contribution in [0.25, 0.3) is 0 Å². The molecule has 2 aromatic heterocycles. The molecule has 0 saturated carbocycles. The first kappa shape index (κ1) is 17.7. The lowest BCUT2D eigenvalue weighted by molar-refractivity contribution is -0.137. The summed E-state index contributed by atoms with van der Waals surface area (Å²) in [5.74, 6) is -0.475. The molecule has 0 spiro atoms. The minimum absolute atomic E-state index is 0.185. The number of nitrogens with one attached hydrogen (secondary N) is 1. The molecule has 2 aromatic rings. The fraction of sp³-hybridized carbons (Fsp3) is 0.333. The van der Waals surface area contributed by atoms with Gasteiger partial charge in [0.2, 0.25) is 11.8 Å². The van der Waals surface area contributed by atoms with Gasteiger partial charge < -0.3 is 19.5 Å². The van der Waals surface area contributed by atoms with Crippen LogP contribution in [0.4, 0.5) is 0 Å². The molecule has 1 fully saturated rings. The molecule has 1 aliphatic heterocycles. The van der Waals surface area contributed by atoms with E-state index in [2.05, 4.69) is 10.3 Å². The number of aromatic nitrogens is 1. The average molecular weight is 356 g/mol. The van der Waals surface area contributed by atoms with Gasteiger partial charge in [-0.15, -0.1) is 0 Å². The SMILES string of the molecule is O=C(CC(=O)N1CCN(C(=O)c2ccco2)CC1)NCc1ccccn1. The van der Waals surface area contributed by atoms with Crippen molar-refractivity contribution in [2.75, 3.05) is 26.2 Å². The lowest BCUT2D eigenvalue weighted by atomic mass is 10.2. The Morgan fingerprint density at radius 1 is 1.04 bits per heavy atom. The average Bonchev–Trinajstić information content (AvgIpc) is 3.21. The topological polar surface area (TPSA) is 95.8 Å². The number of carbonyl (C=O) groups is 3. The third-order valence-corrected chi connectivity index (χ3v) is 4.16. The normalized spacial score (nSPS) is 14.2. The first-order chi connectivity index (χ1) is 12.6. The first-order valence-electron chi connectivity index (χ1n) is 8.40. The van der Waals surface area contributed by atoms with Crippen molar-refractivity contribution in [3.05, 3.63) is 54.2 Å². The quantitative estimate of drug-likeness (QED) is 0.794. The molecule has 0 aromatic carbocycles. The summed E-state index contributed by atoms with van der Waals surface area (Å²) in [4.78, 5) is 43.7. The van der Waals surface area contributed by atoms with Gasteiger partial charge >= 0.3 is 0 Å². The lowest BCUT2D eigenvalue weighted by Gasteiger charge is -2.34. The number of rotatable bonds is 5. The number of furan rings is 1. The van der Waals surface area contributed by atoms with E-state index in [-0.39, 0.29) is 24.1 Å². The fourth-order valence-electron chi connectivity index (χ4n) is 2.72. The maximum atomic E-state index is 12.3. The molecule has 1 aliphatic rings. The first-order valence-corrected chi connectivity index (χ1v) is 8.40. The summed E-state index contributed by atoms with van der Waals surface area (Å²) in [6.45, 7) is 1.93. The molecule has 1 N–H and O–H groups in total. The summed E-state index contributed by atoms with van der Waals surface area (Å²) in [5.41, 5.74) is 0.735. The second-order valence-electron chi connectivity index (χ2n) is 5.92. The van der Waals surface area contributed by atoms with Gasteiger partial charge in [0, 0.05) is 32.4 Å². The Balaban J connectivity index is 1.42. The minimum Gasteiger partial charge on any atom is -0.459 e. The number of hydrogen-bond acceptors (Lipinski definition) is 5. The molecule has 3 amide bonds. The van der Waals surface area contributed by atoms with E-state index >= 15 is 0 Å². The van der Waals surface area contributed by atoms with Crippen molar-refractivity contribution in [3.8, 4) is 0 Å². The third kappa shape index (κ3) is 4.47. The van der Waals surface area contributed by atoms with Crippen LogP contribution in [-0.4, -0.2) is 58.7 Å². The number of nitrogens with zero attached hydrogens (tertiary/aromatic N) is 3. The Morgan fingerprint density at radius 2 is 1.81 bits per heavy atom. The van der Waals surface area contributed by atoms with E-state index in [1.54, 1.807) is 40.3 Å². The van der Waals surface area contributed by atoms with Crippen molar-refractivity contribution in [1.82, 2.24) is 20.1 Å². The smallest absolute Gasteiger partial charge is 0.289 e. The molecule has 3 heterocycles. The van der Waals surface area contributed by atoms with Crippen LogP contribution in [0.2, 0.25) is 0 Å². The van der Waals surface area contributed by atoms with Crippen LogP contribution >= 0.6 is 0 Å². The molecular formula is C18H20N4O4. The fourth-order valence-corrected chi connectivity index (χ4v) is 2.72. The molecule has 0 bridgehead atoms. The zero-order chi connectivity index (χ0) is 18.4. The monoisotopic (exact) mass is 356 g/mol. The van der Waals surface area contributed by atoms with Gasteiger partial charge in [0.05, 0.1) is 18.5 Å². The van der Waals surface area contributed by atoms with Crippen LogP contribution in [-0.2, 0) is 16.1 Å². The van der Waals surface area contributed by atoms with Crippen LogP contribution in [0.15, 0.2) is 47.2 Å². The highest BCUT2D eigenvalue weighted by atomic mass is 16.3. The van der Waals surface area contributed by atoms with E-state index in [1.807, 2.05) is 6.07 Å². The van der Waals surface area contributed by atoms with E-state index in [9.17, 15) is 14.4 Å². The summed E-state index contributed by atoms with van der Waals surface area (Å²) >= 11 is 0. The molecule has 8 heteroatoms. The largest absolute Gasteiger partial charge is 0.459 e. The van der Waals surface area contributed by atoms with Crippen molar-refractivity contribution in [1.29, 1.82) is 0 Å². The highest BCUT2D eigenvalue weighted by Crippen LogP contribution is 2.10. The Bertz CT molecular complexity index is 753. The lowest BCUT2D eigenvalue weighted by Crippen LogP contribution is -2.51. The summed E-state index contributed by atoms with van der Waals surface area (Å²) in [6, 6.07) is 8.72. The second kappa shape index (κ2) is 8.28. The predicted octanol–water partition coefficient (Wildman–Crippen LogP) is 0.665. The summed E-state index contributed by atoms with van der Waals surface area (Å²) in [5, 5.41) is 2.69. The van der Waals surface area contributed by atoms with Crippen LogP contribution in [0.1, 0.15) is 22.7 Å². The van der Waals surface area contributed by atoms with Gasteiger partial charge in [-0.25, -0.2) is 0 Å². The zero-order valence-corrected chi connectivity index (χ0v) is 14.3. The van der Waals surface area contributed by atoms with Gasteiger partial charge in [-0.1, -0.05) is 6.07 Å². The van der Waals surface area contributed by atoms with Crippen LogP contribution in [0, 0.1) is 0 Å². The number of pyridine rings is 1. The number of carbonyl (C=O) groups excluding carboxylic acids is 3. The Hall–Kier alpha value is -3.16. The highest BCUT2D eigenvalue weighted by Gasteiger charge is 2.26. The molecule has 0 radical (unpaired) electrons. The van der Waals surface area contributed by atoms with E-state index in [0.717, 1.165) is 5.69 Å². The summed E-state index contributed by atoms with van der Waals surface area (Å²) in [7, 11) is 0. The molecule has 136 valence electrons. The Morgan fingerprint density at radius 3 is 2.46 bits per heavy atom. The van der Waals surface area contributed by atoms with Crippen LogP contribution < -0.4 is 5.32 Å². The molecule has 0 atom stereocenters. The molecule has 0 unspecified atom stereocenters. The van der Waals surface area contributed by atoms with Crippen molar-refractivity contribution in [2.24, 2.45) is 0 Å². The molecule has 1 saturated heterocycles. The standard InChI is InChI=1S/C18H20N4O4/c23-16(20-13-14-4-1-2-6-19-14)12-17(24)21-7-9-22(10-8-21)18(25)15-5-3-11-26-15/h1-6,11H,7-10,12-13H2,(H,20,23). The molecular weight excluding hydrogens is 336 g/mol. The third-order valence-electron chi connectivity index (χ3n) is 4.16. The minimum atomic E-state index is -0.338. The van der Waals surface area contributed by atoms with Crippen LogP contribution in [0.5, 0.6) is 0 Å². The van der Waals surface area contributed by atoms with Crippen molar-refractivity contribution in [2.45, 2.75) is 13.0 Å². The molecule has 0 aliphatic carbocycles. The van der Waals surface area contributed by atoms with Crippen molar-refractivity contribution >= 4 is 17.7 Å². The van der Waals surface area contributed by atoms with Crippen molar-refractivity contribution < 1.29 is 18.8 Å². The highest BCUT2D eigenvalue weighted by molar-refractivity contribution is 5.97. The van der Waals surface area contributed by atoms with E-state index in [0.29, 0.717) is 38.5 Å². The summed E-state index contributed by atoms with van der Waals surface area (Å²) < 4.78 is 5.11. The summed E-state index contributed by atoms with van der Waals surface area (Å²) in [6.07, 6.45) is 2.89. The number of hydrogen-bond donors (Lipinski definition) is 1. The predicted molar refractivity (Wildman–Crippen MR) is 91.9 cm³/mol. The number of amides is 3. The molecule has 8 nitrogen and oxygen atoms in total. The molecule has 26 heavy (non-hydrogen) atoms. The van der Waals surface area contributed by atoms with Gasteiger partial charge in [0.25, 0.3) is 5.91 Å². The van der Waals surface area contributed by atoms with Gasteiger partial charge in [0.15, 0.2) is 5.76 Å². The van der Waals surface area contributed by atoms with Gasteiger partial charge in [0.1, 0.15) is 6.42 Å². The van der Waals surface area contributed by atoms with E-state index in [1.165, 1.54) is 6.26 Å². The number of piperazine rings is 1. The van der Waals surface area contributed by atoms with Gasteiger partial charge in [-0.3, -0.25) is 19.4 Å². The van der Waals surface area contributed by atoms with Crippen LogP contribution in [0.3, 0.4) is 0 Å². The zero-order valence-electron chi connectivity index (χ0n) is 14.3. The maximum Gasteiger partial charge on any atom is 0.289 e. The van der Waals surface area contributed by atoms with E-state index in [4.69, 9.17) is 4.42 Å².